The smallest absolute Gasteiger partial charge is 0.356 e. The maximum atomic E-state index is 10.7. The van der Waals surface area contributed by atoms with Crippen molar-refractivity contribution in [3.8, 4) is 10.6 Å². The van der Waals surface area contributed by atoms with Gasteiger partial charge in [-0.3, -0.25) is 0 Å². The van der Waals surface area contributed by atoms with E-state index in [1.54, 1.807) is 0 Å². The van der Waals surface area contributed by atoms with Crippen molar-refractivity contribution in [2.45, 2.75) is 0 Å². The molecule has 2 N–H and O–H groups in total. The minimum Gasteiger partial charge on any atom is -0.476 e. The number of nitrogens with one attached hydrogen (secondary N) is 1. The van der Waals surface area contributed by atoms with E-state index < -0.39 is 5.97 Å². The molecule has 7 heteroatoms. The van der Waals surface area contributed by atoms with Gasteiger partial charge in [-0.2, -0.15) is 5.10 Å². The molecule has 3 rings (SSSR count). The Bertz CT molecular complexity index is 621. The molecular weight excluding hydrogens is 228 g/mol. The molecular formula is C9H6N4O2S. The fraction of sp³-hybridized carbons (Fsp3) is 0. The summed E-state index contributed by atoms with van der Waals surface area (Å²) in [7, 11) is 0. The quantitative estimate of drug-likeness (QED) is 0.703. The van der Waals surface area contributed by atoms with Crippen LogP contribution in [0.5, 0.6) is 0 Å². The third-order valence-corrected chi connectivity index (χ3v) is 3.08. The maximum absolute atomic E-state index is 10.7. The predicted octanol–water partition coefficient (Wildman–Crippen LogP) is 1.48. The molecule has 3 aromatic rings. The zero-order chi connectivity index (χ0) is 11.1. The highest BCUT2D eigenvalue weighted by molar-refractivity contribution is 7.19. The Morgan fingerprint density at radius 3 is 3.06 bits per heavy atom. The van der Waals surface area contributed by atoms with Gasteiger partial charge < -0.3 is 10.1 Å². The fourth-order valence-corrected chi connectivity index (χ4v) is 2.25. The van der Waals surface area contributed by atoms with Crippen molar-refractivity contribution in [3.63, 3.8) is 0 Å². The van der Waals surface area contributed by atoms with Gasteiger partial charge in [-0.25, -0.2) is 14.3 Å². The first-order valence-corrected chi connectivity index (χ1v) is 5.28. The second-order valence-corrected chi connectivity index (χ2v) is 4.12. The summed E-state index contributed by atoms with van der Waals surface area (Å²) in [5.74, 6) is -1.04. The molecule has 3 aromatic heterocycles. The van der Waals surface area contributed by atoms with E-state index in [1.807, 2.05) is 18.5 Å². The largest absolute Gasteiger partial charge is 0.476 e. The Kier molecular flexibility index (Phi) is 1.80. The number of rotatable bonds is 2. The lowest BCUT2D eigenvalue weighted by molar-refractivity contribution is 0.0691. The van der Waals surface area contributed by atoms with E-state index in [2.05, 4.69) is 15.1 Å². The molecule has 0 fully saturated rings. The molecule has 0 spiro atoms. The summed E-state index contributed by atoms with van der Waals surface area (Å²) in [6.45, 7) is 0. The van der Waals surface area contributed by atoms with Gasteiger partial charge in [0, 0.05) is 18.0 Å². The molecule has 0 atom stereocenters. The number of carboxylic acids is 1. The van der Waals surface area contributed by atoms with Gasteiger partial charge in [0.1, 0.15) is 5.01 Å². The van der Waals surface area contributed by atoms with Crippen molar-refractivity contribution in [2.75, 3.05) is 0 Å². The van der Waals surface area contributed by atoms with Crippen LogP contribution in [0, 0.1) is 0 Å². The number of carbonyl (C=O) groups is 1. The molecule has 0 unspecified atom stereocenters. The second kappa shape index (κ2) is 3.17. The standard InChI is InChI=1S/C9H6N4O2S/c14-8(15)6-4-13-9(11-6)16-7(12-13)5-1-2-10-3-5/h1-4,10H,(H,14,15). The van der Waals surface area contributed by atoms with E-state index in [9.17, 15) is 4.79 Å². The molecule has 0 aliphatic rings. The Balaban J connectivity index is 2.12. The first kappa shape index (κ1) is 9.10. The van der Waals surface area contributed by atoms with Crippen LogP contribution >= 0.6 is 11.3 Å². The van der Waals surface area contributed by atoms with Gasteiger partial charge in [0.05, 0.1) is 6.20 Å². The van der Waals surface area contributed by atoms with Crippen molar-refractivity contribution >= 4 is 22.3 Å². The Morgan fingerprint density at radius 2 is 2.44 bits per heavy atom. The molecule has 0 aliphatic carbocycles. The Labute approximate surface area is 93.2 Å². The van der Waals surface area contributed by atoms with Crippen LogP contribution in [0.1, 0.15) is 10.5 Å². The van der Waals surface area contributed by atoms with Crippen molar-refractivity contribution in [2.24, 2.45) is 0 Å². The van der Waals surface area contributed by atoms with E-state index in [1.165, 1.54) is 22.0 Å². The summed E-state index contributed by atoms with van der Waals surface area (Å²) in [5, 5.41) is 13.8. The lowest BCUT2D eigenvalue weighted by Crippen LogP contribution is -1.95. The van der Waals surface area contributed by atoms with Crippen LogP contribution in [-0.4, -0.2) is 30.7 Å². The van der Waals surface area contributed by atoms with E-state index in [-0.39, 0.29) is 5.69 Å². The van der Waals surface area contributed by atoms with Gasteiger partial charge >= 0.3 is 5.97 Å². The van der Waals surface area contributed by atoms with Crippen molar-refractivity contribution in [3.05, 3.63) is 30.4 Å². The molecule has 16 heavy (non-hydrogen) atoms. The molecule has 6 nitrogen and oxygen atoms in total. The summed E-state index contributed by atoms with van der Waals surface area (Å²) in [4.78, 5) is 18.1. The highest BCUT2D eigenvalue weighted by Gasteiger charge is 2.13. The number of H-pyrrole nitrogens is 1. The number of carboxylic acid groups (broad SMARTS) is 1. The molecule has 0 saturated heterocycles. The zero-order valence-electron chi connectivity index (χ0n) is 7.91. The zero-order valence-corrected chi connectivity index (χ0v) is 8.73. The first-order chi connectivity index (χ1) is 7.74. The third-order valence-electron chi connectivity index (χ3n) is 2.11. The number of aromatic nitrogens is 4. The van der Waals surface area contributed by atoms with Crippen LogP contribution in [0.4, 0.5) is 0 Å². The van der Waals surface area contributed by atoms with Gasteiger partial charge in [0.2, 0.25) is 4.96 Å². The van der Waals surface area contributed by atoms with E-state index in [0.29, 0.717) is 4.96 Å². The van der Waals surface area contributed by atoms with Crippen molar-refractivity contribution in [1.82, 2.24) is 19.6 Å². The van der Waals surface area contributed by atoms with Gasteiger partial charge in [0.25, 0.3) is 0 Å². The van der Waals surface area contributed by atoms with Crippen molar-refractivity contribution < 1.29 is 9.90 Å². The third kappa shape index (κ3) is 1.29. The van der Waals surface area contributed by atoms with Crippen LogP contribution in [0.3, 0.4) is 0 Å². The maximum Gasteiger partial charge on any atom is 0.356 e. The average molecular weight is 234 g/mol. The Morgan fingerprint density at radius 1 is 1.56 bits per heavy atom. The van der Waals surface area contributed by atoms with Gasteiger partial charge in [-0.1, -0.05) is 11.3 Å². The fourth-order valence-electron chi connectivity index (χ4n) is 1.38. The molecule has 80 valence electrons. The minimum absolute atomic E-state index is 0.0133. The van der Waals surface area contributed by atoms with Gasteiger partial charge in [0.15, 0.2) is 5.69 Å². The molecule has 0 radical (unpaired) electrons. The number of hydrogen-bond acceptors (Lipinski definition) is 4. The monoisotopic (exact) mass is 234 g/mol. The number of aromatic carboxylic acids is 1. The number of nitrogens with zero attached hydrogens (tertiary/aromatic N) is 3. The molecule has 0 amide bonds. The Hall–Kier alpha value is -2.15. The van der Waals surface area contributed by atoms with Crippen molar-refractivity contribution in [1.29, 1.82) is 0 Å². The molecule has 3 heterocycles. The summed E-state index contributed by atoms with van der Waals surface area (Å²) in [6.07, 6.45) is 5.04. The SMILES string of the molecule is O=C(O)c1cn2nc(-c3cc[nH]c3)sc2n1. The van der Waals surface area contributed by atoms with Crippen LogP contribution < -0.4 is 0 Å². The van der Waals surface area contributed by atoms with E-state index in [4.69, 9.17) is 5.11 Å². The summed E-state index contributed by atoms with van der Waals surface area (Å²) < 4.78 is 1.48. The van der Waals surface area contributed by atoms with Gasteiger partial charge in [-0.15, -0.1) is 0 Å². The molecule has 0 saturated carbocycles. The predicted molar refractivity (Wildman–Crippen MR) is 57.6 cm³/mol. The summed E-state index contributed by atoms with van der Waals surface area (Å²) in [6, 6.07) is 1.90. The topological polar surface area (TPSA) is 83.3 Å². The van der Waals surface area contributed by atoms with Crippen LogP contribution in [-0.2, 0) is 0 Å². The average Bonchev–Trinajstić information content (AvgIpc) is 2.91. The second-order valence-electron chi connectivity index (χ2n) is 3.17. The first-order valence-electron chi connectivity index (χ1n) is 4.47. The number of aromatic amines is 1. The summed E-state index contributed by atoms with van der Waals surface area (Å²) in [5.41, 5.74) is 0.978. The summed E-state index contributed by atoms with van der Waals surface area (Å²) >= 11 is 1.35. The van der Waals surface area contributed by atoms with E-state index >= 15 is 0 Å². The molecule has 0 aliphatic heterocycles. The normalized spacial score (nSPS) is 11.0. The van der Waals surface area contributed by atoms with Crippen LogP contribution in [0.2, 0.25) is 0 Å². The lowest BCUT2D eigenvalue weighted by Gasteiger charge is -1.85. The number of hydrogen-bond donors (Lipinski definition) is 2. The number of imidazole rings is 1. The van der Waals surface area contributed by atoms with Crippen LogP contribution in [0.25, 0.3) is 15.5 Å². The highest BCUT2D eigenvalue weighted by Crippen LogP contribution is 2.24. The lowest BCUT2D eigenvalue weighted by atomic mass is 10.4. The van der Waals surface area contributed by atoms with Crippen LogP contribution in [0.15, 0.2) is 24.7 Å². The highest BCUT2D eigenvalue weighted by atomic mass is 32.1. The van der Waals surface area contributed by atoms with Gasteiger partial charge in [-0.05, 0) is 6.07 Å². The molecule has 0 aromatic carbocycles. The van der Waals surface area contributed by atoms with E-state index in [0.717, 1.165) is 10.6 Å². The number of fused-ring (bicyclic) bond motifs is 1. The minimum atomic E-state index is -1.04. The molecule has 0 bridgehead atoms.